The van der Waals surface area contributed by atoms with E-state index in [-0.39, 0.29) is 35.3 Å². The quantitative estimate of drug-likeness (QED) is 0.670. The third-order valence-electron chi connectivity index (χ3n) is 3.99. The van der Waals surface area contributed by atoms with Crippen LogP contribution in [0.5, 0.6) is 5.75 Å². The smallest absolute Gasteiger partial charge is 0.412 e. The van der Waals surface area contributed by atoms with Crippen molar-refractivity contribution in [1.29, 1.82) is 0 Å². The number of nitrogens with zero attached hydrogens (tertiary/aromatic N) is 2. The number of pyridine rings is 2. The Hall–Kier alpha value is -2.81. The van der Waals surface area contributed by atoms with Gasteiger partial charge in [0.1, 0.15) is 18.2 Å². The second-order valence-corrected chi connectivity index (χ2v) is 7.34. The van der Waals surface area contributed by atoms with Gasteiger partial charge in [0.2, 0.25) is 0 Å². The maximum Gasteiger partial charge on any atom is 0.412 e. The van der Waals surface area contributed by atoms with E-state index in [1.807, 2.05) is 13.8 Å². The van der Waals surface area contributed by atoms with E-state index in [4.69, 9.17) is 4.74 Å². The largest absolute Gasteiger partial charge is 0.488 e. The number of alkyl halides is 2. The Morgan fingerprint density at radius 2 is 2.03 bits per heavy atom. The molecule has 0 aliphatic heterocycles. The van der Waals surface area contributed by atoms with E-state index in [1.165, 1.54) is 31.6 Å². The highest BCUT2D eigenvalue weighted by molar-refractivity contribution is 5.84. The summed E-state index contributed by atoms with van der Waals surface area (Å²) in [6.45, 7) is 5.37. The minimum absolute atomic E-state index is 0.0882. The molecule has 2 rings (SSSR count). The van der Waals surface area contributed by atoms with Crippen LogP contribution in [-0.4, -0.2) is 40.5 Å². The maximum absolute atomic E-state index is 13.6. The number of nitrogens with one attached hydrogen (secondary N) is 1. The molecule has 0 radical (unpaired) electrons. The highest BCUT2D eigenvalue weighted by Gasteiger charge is 2.25. The zero-order chi connectivity index (χ0) is 21.6. The first-order chi connectivity index (χ1) is 13.6. The van der Waals surface area contributed by atoms with Crippen LogP contribution in [0.25, 0.3) is 11.3 Å². The molecule has 158 valence electrons. The first kappa shape index (κ1) is 22.5. The number of rotatable bonds is 8. The predicted molar refractivity (Wildman–Crippen MR) is 104 cm³/mol. The number of aromatic nitrogens is 2. The van der Waals surface area contributed by atoms with E-state index < -0.39 is 18.1 Å². The van der Waals surface area contributed by atoms with Gasteiger partial charge in [0.25, 0.3) is 6.43 Å². The van der Waals surface area contributed by atoms with Crippen LogP contribution in [0.1, 0.15) is 39.2 Å². The lowest BCUT2D eigenvalue weighted by Gasteiger charge is -2.25. The number of hydrogen-bond donors (Lipinski definition) is 2. The van der Waals surface area contributed by atoms with E-state index in [1.54, 1.807) is 13.0 Å². The Bertz CT molecular complexity index is 844. The van der Waals surface area contributed by atoms with Gasteiger partial charge in [0.05, 0.1) is 30.2 Å². The first-order valence-corrected chi connectivity index (χ1v) is 9.06. The van der Waals surface area contributed by atoms with Gasteiger partial charge in [-0.1, -0.05) is 13.8 Å². The fraction of sp³-hybridized carbons (Fsp3) is 0.450. The molecular weight excluding hydrogens is 384 g/mol. The molecule has 0 aliphatic carbocycles. The molecule has 2 N–H and O–H groups in total. The Labute approximate surface area is 168 Å². The van der Waals surface area contributed by atoms with Crippen LogP contribution in [0.2, 0.25) is 0 Å². The normalized spacial score (nSPS) is 13.3. The minimum atomic E-state index is -2.80. The fourth-order valence-electron chi connectivity index (χ4n) is 2.89. The third-order valence-corrected chi connectivity index (χ3v) is 3.99. The van der Waals surface area contributed by atoms with Crippen LogP contribution in [0.3, 0.4) is 0 Å². The maximum atomic E-state index is 13.6. The number of methoxy groups -OCH3 is 1. The van der Waals surface area contributed by atoms with Crippen molar-refractivity contribution in [3.8, 4) is 17.0 Å². The lowest BCUT2D eigenvalue weighted by molar-refractivity contribution is -0.00657. The molecule has 2 heterocycles. The highest BCUT2D eigenvalue weighted by atomic mass is 19.3. The SMILES string of the molecule is COC(=O)Nc1cc(-c2cc(C(F)F)c(OCC(C)(O)CC(C)C)cn2)ccn1. The van der Waals surface area contributed by atoms with Crippen molar-refractivity contribution in [3.05, 3.63) is 36.2 Å². The first-order valence-electron chi connectivity index (χ1n) is 9.06. The van der Waals surface area contributed by atoms with E-state index in [0.717, 1.165) is 0 Å². The van der Waals surface area contributed by atoms with E-state index in [2.05, 4.69) is 20.0 Å². The Kier molecular flexibility index (Phi) is 7.44. The summed E-state index contributed by atoms with van der Waals surface area (Å²) in [7, 11) is 1.22. The number of halogens is 2. The topological polar surface area (TPSA) is 93.6 Å². The van der Waals surface area contributed by atoms with Gasteiger partial charge in [-0.2, -0.15) is 0 Å². The lowest BCUT2D eigenvalue weighted by atomic mass is 9.95. The number of carbonyl (C=O) groups is 1. The summed E-state index contributed by atoms with van der Waals surface area (Å²) in [5, 5.41) is 12.7. The summed E-state index contributed by atoms with van der Waals surface area (Å²) < 4.78 is 37.2. The van der Waals surface area contributed by atoms with Gasteiger partial charge in [-0.05, 0) is 37.5 Å². The predicted octanol–water partition coefficient (Wildman–Crippen LogP) is 4.44. The molecule has 7 nitrogen and oxygen atoms in total. The second kappa shape index (κ2) is 9.60. The molecule has 0 saturated carbocycles. The lowest BCUT2D eigenvalue weighted by Crippen LogP contribution is -2.34. The summed E-state index contributed by atoms with van der Waals surface area (Å²) in [5.74, 6) is 0.331. The van der Waals surface area contributed by atoms with Crippen molar-refractivity contribution in [1.82, 2.24) is 9.97 Å². The number of hydrogen-bond acceptors (Lipinski definition) is 6. The third kappa shape index (κ3) is 6.63. The minimum Gasteiger partial charge on any atom is -0.488 e. The number of aliphatic hydroxyl groups is 1. The van der Waals surface area contributed by atoms with Gasteiger partial charge in [-0.15, -0.1) is 0 Å². The van der Waals surface area contributed by atoms with Crippen LogP contribution in [0.4, 0.5) is 19.4 Å². The van der Waals surface area contributed by atoms with Gasteiger partial charge >= 0.3 is 6.09 Å². The number of amides is 1. The Morgan fingerprint density at radius 3 is 2.66 bits per heavy atom. The molecule has 9 heteroatoms. The van der Waals surface area contributed by atoms with Crippen molar-refractivity contribution in [2.75, 3.05) is 19.0 Å². The molecule has 0 fully saturated rings. The summed E-state index contributed by atoms with van der Waals surface area (Å²) in [6, 6.07) is 4.28. The Morgan fingerprint density at radius 1 is 1.31 bits per heavy atom. The average molecular weight is 409 g/mol. The van der Waals surface area contributed by atoms with E-state index in [0.29, 0.717) is 12.0 Å². The molecule has 0 aromatic carbocycles. The van der Waals surface area contributed by atoms with Gasteiger partial charge in [-0.3, -0.25) is 10.3 Å². The molecule has 1 unspecified atom stereocenters. The Balaban J connectivity index is 2.26. The zero-order valence-corrected chi connectivity index (χ0v) is 16.8. The van der Waals surface area contributed by atoms with Crippen LogP contribution in [0.15, 0.2) is 30.6 Å². The van der Waals surface area contributed by atoms with Crippen molar-refractivity contribution in [3.63, 3.8) is 0 Å². The molecule has 0 aliphatic rings. The summed E-state index contributed by atoms with van der Waals surface area (Å²) >= 11 is 0. The molecule has 1 amide bonds. The van der Waals surface area contributed by atoms with Crippen molar-refractivity contribution in [2.24, 2.45) is 5.92 Å². The van der Waals surface area contributed by atoms with Crippen molar-refractivity contribution >= 4 is 11.9 Å². The molecule has 2 aromatic heterocycles. The van der Waals surface area contributed by atoms with Crippen molar-refractivity contribution < 1.29 is 28.2 Å². The van der Waals surface area contributed by atoms with E-state index in [9.17, 15) is 18.7 Å². The van der Waals surface area contributed by atoms with Crippen molar-refractivity contribution in [2.45, 2.75) is 39.2 Å². The molecular formula is C20H25F2N3O4. The van der Waals surface area contributed by atoms with Crippen LogP contribution in [-0.2, 0) is 4.74 Å². The molecule has 0 saturated heterocycles. The van der Waals surface area contributed by atoms with Gasteiger partial charge in [0.15, 0.2) is 0 Å². The van der Waals surface area contributed by atoms with Gasteiger partial charge in [-0.25, -0.2) is 18.6 Å². The van der Waals surface area contributed by atoms with E-state index >= 15 is 0 Å². The number of ether oxygens (including phenoxy) is 2. The van der Waals surface area contributed by atoms with Crippen LogP contribution in [0, 0.1) is 5.92 Å². The molecule has 1 atom stereocenters. The standard InChI is InChI=1S/C20H25F2N3O4/c1-12(2)9-20(3,27)11-29-16-10-24-15(8-14(16)18(21)22)13-5-6-23-17(7-13)25-19(26)28-4/h5-8,10,12,18,27H,9,11H2,1-4H3,(H,23,25,26). The fourth-order valence-corrected chi connectivity index (χ4v) is 2.89. The second-order valence-electron chi connectivity index (χ2n) is 7.34. The summed E-state index contributed by atoms with van der Waals surface area (Å²) in [5.41, 5.74) is -0.746. The van der Waals surface area contributed by atoms with Gasteiger partial charge < -0.3 is 14.6 Å². The molecule has 0 bridgehead atoms. The highest BCUT2D eigenvalue weighted by Crippen LogP contribution is 2.33. The summed E-state index contributed by atoms with van der Waals surface area (Å²) in [4.78, 5) is 19.5. The zero-order valence-electron chi connectivity index (χ0n) is 16.8. The number of carbonyl (C=O) groups excluding carboxylic acids is 1. The molecule has 2 aromatic rings. The van der Waals surface area contributed by atoms with Gasteiger partial charge in [0, 0.05) is 11.8 Å². The van der Waals surface area contributed by atoms with Crippen LogP contribution >= 0.6 is 0 Å². The van der Waals surface area contributed by atoms with Crippen LogP contribution < -0.4 is 10.1 Å². The molecule has 29 heavy (non-hydrogen) atoms. The molecule has 0 spiro atoms. The monoisotopic (exact) mass is 409 g/mol. The number of anilines is 1. The average Bonchev–Trinajstić information content (AvgIpc) is 2.65. The summed E-state index contributed by atoms with van der Waals surface area (Å²) in [6.07, 6.45) is -0.409.